The Morgan fingerprint density at radius 1 is 1.19 bits per heavy atom. The fourth-order valence-corrected chi connectivity index (χ4v) is 4.81. The lowest BCUT2D eigenvalue weighted by Gasteiger charge is -2.25. The first-order chi connectivity index (χ1) is 17.4. The van der Waals surface area contributed by atoms with Crippen molar-refractivity contribution in [2.75, 3.05) is 24.7 Å². The lowest BCUT2D eigenvalue weighted by molar-refractivity contribution is -0.128. The van der Waals surface area contributed by atoms with Gasteiger partial charge in [0.25, 0.3) is 5.91 Å². The SMILES string of the molecule is CCCCNC(=O)C[C@@H]1N=C2c3ccccc3N=C(SCC(=O)Nc3ccc(OC)c(Cl)c3)N2C1=O. The molecule has 4 rings (SSSR count). The number of fused-ring (bicyclic) bond motifs is 3. The quantitative estimate of drug-likeness (QED) is 0.479. The Morgan fingerprint density at radius 3 is 2.75 bits per heavy atom. The third kappa shape index (κ3) is 5.71. The van der Waals surface area contributed by atoms with E-state index in [2.05, 4.69) is 20.6 Å². The third-order valence-electron chi connectivity index (χ3n) is 5.55. The molecule has 0 saturated carbocycles. The van der Waals surface area contributed by atoms with Crippen molar-refractivity contribution in [2.45, 2.75) is 32.2 Å². The number of nitrogens with one attached hydrogen (secondary N) is 2. The molecule has 2 aromatic rings. The summed E-state index contributed by atoms with van der Waals surface area (Å²) in [6.07, 6.45) is 1.80. The predicted octanol–water partition coefficient (Wildman–Crippen LogP) is 3.99. The minimum Gasteiger partial charge on any atom is -0.495 e. The highest BCUT2D eigenvalue weighted by molar-refractivity contribution is 8.14. The molecule has 2 aliphatic rings. The number of anilines is 1. The van der Waals surface area contributed by atoms with Gasteiger partial charge in [0.1, 0.15) is 17.6 Å². The van der Waals surface area contributed by atoms with Crippen LogP contribution in [0.25, 0.3) is 0 Å². The number of unbranched alkanes of at least 4 members (excludes halogenated alkanes) is 1. The largest absolute Gasteiger partial charge is 0.495 e. The molecule has 188 valence electrons. The second kappa shape index (κ2) is 11.6. The molecule has 2 heterocycles. The minimum atomic E-state index is -0.839. The molecule has 3 amide bonds. The Balaban J connectivity index is 1.47. The number of carbonyl (C=O) groups excluding carboxylic acids is 3. The Morgan fingerprint density at radius 2 is 2.00 bits per heavy atom. The number of hydrogen-bond acceptors (Lipinski definition) is 7. The summed E-state index contributed by atoms with van der Waals surface area (Å²) < 4.78 is 5.13. The van der Waals surface area contributed by atoms with Crippen LogP contribution < -0.4 is 15.4 Å². The Hall–Kier alpha value is -3.37. The molecule has 0 saturated heterocycles. The first kappa shape index (κ1) is 25.7. The van der Waals surface area contributed by atoms with Gasteiger partial charge >= 0.3 is 0 Å². The Labute approximate surface area is 218 Å². The van der Waals surface area contributed by atoms with E-state index in [0.29, 0.717) is 45.3 Å². The summed E-state index contributed by atoms with van der Waals surface area (Å²) in [5.41, 5.74) is 1.88. The average molecular weight is 528 g/mol. The summed E-state index contributed by atoms with van der Waals surface area (Å²) in [7, 11) is 1.51. The number of amidine groups is 2. The van der Waals surface area contributed by atoms with Crippen molar-refractivity contribution in [3.8, 4) is 5.75 Å². The fourth-order valence-electron chi connectivity index (χ4n) is 3.76. The molecule has 9 nitrogen and oxygen atoms in total. The van der Waals surface area contributed by atoms with Crippen LogP contribution in [0, 0.1) is 0 Å². The molecule has 2 aromatic carbocycles. The van der Waals surface area contributed by atoms with E-state index >= 15 is 0 Å². The van der Waals surface area contributed by atoms with E-state index in [1.54, 1.807) is 18.2 Å². The van der Waals surface area contributed by atoms with Crippen LogP contribution in [-0.4, -0.2) is 59.1 Å². The van der Waals surface area contributed by atoms with Crippen molar-refractivity contribution in [3.05, 3.63) is 53.1 Å². The van der Waals surface area contributed by atoms with Gasteiger partial charge in [-0.2, -0.15) is 0 Å². The summed E-state index contributed by atoms with van der Waals surface area (Å²) in [4.78, 5) is 48.9. The van der Waals surface area contributed by atoms with Crippen molar-refractivity contribution >= 4 is 63.5 Å². The molecule has 11 heteroatoms. The van der Waals surface area contributed by atoms with Crippen molar-refractivity contribution in [1.82, 2.24) is 10.2 Å². The number of methoxy groups -OCH3 is 1. The van der Waals surface area contributed by atoms with Crippen LogP contribution >= 0.6 is 23.4 Å². The normalized spacial score (nSPS) is 16.0. The minimum absolute atomic E-state index is 0.00385. The van der Waals surface area contributed by atoms with Crippen LogP contribution in [0.1, 0.15) is 31.7 Å². The monoisotopic (exact) mass is 527 g/mol. The second-order valence-electron chi connectivity index (χ2n) is 8.15. The molecule has 0 aromatic heterocycles. The topological polar surface area (TPSA) is 112 Å². The molecular formula is C25H26ClN5O4S. The maximum atomic E-state index is 13.3. The van der Waals surface area contributed by atoms with E-state index < -0.39 is 6.04 Å². The zero-order chi connectivity index (χ0) is 25.7. The van der Waals surface area contributed by atoms with Gasteiger partial charge in [0.15, 0.2) is 5.17 Å². The summed E-state index contributed by atoms with van der Waals surface area (Å²) in [6.45, 7) is 2.61. The van der Waals surface area contributed by atoms with Gasteiger partial charge in [-0.15, -0.1) is 0 Å². The molecule has 0 fully saturated rings. The van der Waals surface area contributed by atoms with Gasteiger partial charge in [-0.3, -0.25) is 19.4 Å². The van der Waals surface area contributed by atoms with Gasteiger partial charge in [-0.1, -0.05) is 48.8 Å². The second-order valence-corrected chi connectivity index (χ2v) is 9.50. The summed E-state index contributed by atoms with van der Waals surface area (Å²) in [6, 6.07) is 11.5. The van der Waals surface area contributed by atoms with Crippen molar-refractivity contribution < 1.29 is 19.1 Å². The number of hydrogen-bond donors (Lipinski definition) is 2. The predicted molar refractivity (Wildman–Crippen MR) is 142 cm³/mol. The van der Waals surface area contributed by atoms with E-state index in [1.165, 1.54) is 12.0 Å². The molecule has 1 atom stereocenters. The van der Waals surface area contributed by atoms with Gasteiger partial charge in [0.2, 0.25) is 11.8 Å². The van der Waals surface area contributed by atoms with Crippen molar-refractivity contribution in [1.29, 1.82) is 0 Å². The summed E-state index contributed by atoms with van der Waals surface area (Å²) in [5.74, 6) is 0.111. The highest BCUT2D eigenvalue weighted by Crippen LogP contribution is 2.34. The van der Waals surface area contributed by atoms with E-state index in [1.807, 2.05) is 31.2 Å². The maximum absolute atomic E-state index is 13.3. The molecule has 2 aliphatic heterocycles. The first-order valence-corrected chi connectivity index (χ1v) is 12.9. The highest BCUT2D eigenvalue weighted by atomic mass is 35.5. The van der Waals surface area contributed by atoms with Crippen LogP contribution in [-0.2, 0) is 14.4 Å². The number of carbonyl (C=O) groups is 3. The third-order valence-corrected chi connectivity index (χ3v) is 6.78. The van der Waals surface area contributed by atoms with Crippen LogP contribution in [0.4, 0.5) is 11.4 Å². The van der Waals surface area contributed by atoms with E-state index in [9.17, 15) is 14.4 Å². The first-order valence-electron chi connectivity index (χ1n) is 11.5. The van der Waals surface area contributed by atoms with E-state index in [-0.39, 0.29) is 29.9 Å². The number of rotatable bonds is 9. The van der Waals surface area contributed by atoms with Crippen LogP contribution in [0.3, 0.4) is 0 Å². The number of halogens is 1. The zero-order valence-electron chi connectivity index (χ0n) is 19.9. The highest BCUT2D eigenvalue weighted by Gasteiger charge is 2.42. The summed E-state index contributed by atoms with van der Waals surface area (Å²) >= 11 is 7.26. The summed E-state index contributed by atoms with van der Waals surface area (Å²) in [5, 5.41) is 6.34. The average Bonchev–Trinajstić information content (AvgIpc) is 3.19. The molecule has 2 N–H and O–H groups in total. The number of benzene rings is 2. The molecule has 0 spiro atoms. The molecule has 0 aliphatic carbocycles. The fraction of sp³-hybridized carbons (Fsp3) is 0.320. The maximum Gasteiger partial charge on any atom is 0.259 e. The van der Waals surface area contributed by atoms with Gasteiger partial charge in [-0.05, 0) is 36.8 Å². The van der Waals surface area contributed by atoms with Crippen molar-refractivity contribution in [3.63, 3.8) is 0 Å². The Kier molecular flexibility index (Phi) is 8.27. The molecule has 0 unspecified atom stereocenters. The van der Waals surface area contributed by atoms with E-state index in [0.717, 1.165) is 24.6 Å². The smallest absolute Gasteiger partial charge is 0.259 e. The molecular weight excluding hydrogens is 502 g/mol. The molecule has 36 heavy (non-hydrogen) atoms. The number of amides is 3. The van der Waals surface area contributed by atoms with Gasteiger partial charge in [0, 0.05) is 17.8 Å². The number of para-hydroxylation sites is 1. The number of aliphatic imine (C=N–C) groups is 2. The molecule has 0 radical (unpaired) electrons. The standard InChI is InChI=1S/C25H26ClN5O4S/c1-3-4-11-27-21(32)13-19-24(34)31-23(29-19)16-7-5-6-8-18(16)30-25(31)36-14-22(33)28-15-9-10-20(35-2)17(26)12-15/h5-10,12,19H,3-4,11,13-14H2,1-2H3,(H,27,32)(H,28,33)/t19-/m0/s1. The van der Waals surface area contributed by atoms with Gasteiger partial charge < -0.3 is 15.4 Å². The van der Waals surface area contributed by atoms with Gasteiger partial charge in [0.05, 0.1) is 30.0 Å². The number of thioether (sulfide) groups is 1. The van der Waals surface area contributed by atoms with Crippen LogP contribution in [0.15, 0.2) is 52.4 Å². The van der Waals surface area contributed by atoms with Crippen LogP contribution in [0.2, 0.25) is 5.02 Å². The van der Waals surface area contributed by atoms with Gasteiger partial charge in [-0.25, -0.2) is 9.89 Å². The Bertz CT molecular complexity index is 1250. The lowest BCUT2D eigenvalue weighted by Crippen LogP contribution is -2.42. The van der Waals surface area contributed by atoms with Crippen molar-refractivity contribution in [2.24, 2.45) is 9.98 Å². The number of nitrogens with zero attached hydrogens (tertiary/aromatic N) is 3. The lowest BCUT2D eigenvalue weighted by atomic mass is 10.1. The van der Waals surface area contributed by atoms with E-state index in [4.69, 9.17) is 16.3 Å². The number of ether oxygens (including phenoxy) is 1. The van der Waals surface area contributed by atoms with Crippen LogP contribution in [0.5, 0.6) is 5.75 Å². The zero-order valence-corrected chi connectivity index (χ0v) is 21.5. The molecule has 0 bridgehead atoms.